The maximum absolute atomic E-state index is 12.0. The molecule has 2 aliphatic rings. The van der Waals surface area contributed by atoms with Crippen LogP contribution in [0, 0.1) is 0 Å². The Balaban J connectivity index is 1.91. The van der Waals surface area contributed by atoms with Crippen LogP contribution < -0.4 is 0 Å². The van der Waals surface area contributed by atoms with Gasteiger partial charge in [0.2, 0.25) is 4.27 Å². The summed E-state index contributed by atoms with van der Waals surface area (Å²) in [6.07, 6.45) is 0.444. The first-order chi connectivity index (χ1) is 8.14. The molecule has 3 nitrogen and oxygen atoms in total. The van der Waals surface area contributed by atoms with Crippen LogP contribution in [0.15, 0.2) is 24.3 Å². The lowest BCUT2D eigenvalue weighted by molar-refractivity contribution is 0.389. The van der Waals surface area contributed by atoms with Crippen molar-refractivity contribution in [2.45, 2.75) is 16.8 Å². The molecule has 0 amide bonds. The molecule has 3 rings (SSSR count). The van der Waals surface area contributed by atoms with Crippen molar-refractivity contribution in [1.82, 2.24) is 0 Å². The molecule has 2 saturated heterocycles. The van der Waals surface area contributed by atoms with Gasteiger partial charge < -0.3 is 4.74 Å². The molecule has 92 valence electrons. The molecule has 1 aromatic carbocycles. The van der Waals surface area contributed by atoms with E-state index < -0.39 is 25.9 Å². The third-order valence-electron chi connectivity index (χ3n) is 3.01. The van der Waals surface area contributed by atoms with Gasteiger partial charge in [0.05, 0.1) is 21.6 Å². The third kappa shape index (κ3) is 1.80. The van der Waals surface area contributed by atoms with Gasteiger partial charge in [-0.15, -0.1) is 0 Å². The summed E-state index contributed by atoms with van der Waals surface area (Å²) in [6, 6.07) is 7.21. The molecule has 1 spiro atoms. The molecular formula is C11H11ClO3S2. The zero-order valence-corrected chi connectivity index (χ0v) is 11.3. The van der Waals surface area contributed by atoms with Gasteiger partial charge in [0.15, 0.2) is 0 Å². The number of ether oxygens (including phenoxy) is 1. The molecular weight excluding hydrogens is 280 g/mol. The van der Waals surface area contributed by atoms with Crippen LogP contribution in [0.5, 0.6) is 0 Å². The fourth-order valence-corrected chi connectivity index (χ4v) is 6.27. The summed E-state index contributed by atoms with van der Waals surface area (Å²) in [5, 5.41) is 0.648. The van der Waals surface area contributed by atoms with E-state index in [-0.39, 0.29) is 6.10 Å². The summed E-state index contributed by atoms with van der Waals surface area (Å²) in [5.74, 6) is 1.16. The molecule has 2 unspecified atom stereocenters. The number of halogens is 1. The second kappa shape index (κ2) is 4.16. The van der Waals surface area contributed by atoms with Crippen LogP contribution in [-0.4, -0.2) is 24.2 Å². The molecule has 0 aromatic heterocycles. The van der Waals surface area contributed by atoms with E-state index in [1.165, 1.54) is 0 Å². The first-order valence-corrected chi connectivity index (χ1v) is 8.36. The molecule has 2 aliphatic heterocycles. The SMILES string of the molecule is O=S1CCCS(=O)C12O[C@H]2c1ccc(Cl)cc1. The van der Waals surface area contributed by atoms with E-state index in [1.54, 1.807) is 12.1 Å². The highest BCUT2D eigenvalue weighted by molar-refractivity contribution is 8.05. The smallest absolute Gasteiger partial charge is 0.249 e. The van der Waals surface area contributed by atoms with E-state index in [2.05, 4.69) is 0 Å². The van der Waals surface area contributed by atoms with E-state index in [9.17, 15) is 8.42 Å². The Labute approximate surface area is 109 Å². The van der Waals surface area contributed by atoms with Crippen LogP contribution in [0.4, 0.5) is 0 Å². The summed E-state index contributed by atoms with van der Waals surface area (Å²) in [4.78, 5) is 0. The van der Waals surface area contributed by atoms with Gasteiger partial charge in [-0.2, -0.15) is 0 Å². The summed E-state index contributed by atoms with van der Waals surface area (Å²) >= 11 is 5.81. The van der Waals surface area contributed by atoms with Crippen LogP contribution in [0.25, 0.3) is 0 Å². The second-order valence-electron chi connectivity index (χ2n) is 4.11. The average Bonchev–Trinajstić information content (AvgIpc) is 3.04. The molecule has 0 aliphatic carbocycles. The monoisotopic (exact) mass is 290 g/mol. The van der Waals surface area contributed by atoms with Crippen LogP contribution in [0.3, 0.4) is 0 Å². The van der Waals surface area contributed by atoms with Gasteiger partial charge in [0.25, 0.3) is 0 Å². The average molecular weight is 291 g/mol. The lowest BCUT2D eigenvalue weighted by atomic mass is 10.2. The molecule has 0 saturated carbocycles. The normalized spacial score (nSPS) is 40.4. The zero-order chi connectivity index (χ0) is 12.0. The quantitative estimate of drug-likeness (QED) is 0.743. The van der Waals surface area contributed by atoms with Gasteiger partial charge in [-0.05, 0) is 24.1 Å². The highest BCUT2D eigenvalue weighted by Crippen LogP contribution is 2.56. The molecule has 17 heavy (non-hydrogen) atoms. The van der Waals surface area contributed by atoms with Crippen molar-refractivity contribution in [3.05, 3.63) is 34.9 Å². The Morgan fingerprint density at radius 1 is 1.18 bits per heavy atom. The Kier molecular flexibility index (Phi) is 2.89. The molecule has 2 heterocycles. The van der Waals surface area contributed by atoms with Gasteiger partial charge in [-0.3, -0.25) is 8.42 Å². The third-order valence-corrected chi connectivity index (χ3v) is 7.59. The largest absolute Gasteiger partial charge is 0.335 e. The van der Waals surface area contributed by atoms with Gasteiger partial charge in [-0.1, -0.05) is 23.7 Å². The van der Waals surface area contributed by atoms with Gasteiger partial charge >= 0.3 is 0 Å². The van der Waals surface area contributed by atoms with E-state index in [1.807, 2.05) is 12.1 Å². The molecule has 2 fully saturated rings. The number of hydrogen-bond donors (Lipinski definition) is 0. The van der Waals surface area contributed by atoms with Crippen LogP contribution in [0.1, 0.15) is 18.1 Å². The van der Waals surface area contributed by atoms with Crippen molar-refractivity contribution in [2.24, 2.45) is 0 Å². The minimum absolute atomic E-state index is 0.304. The fraction of sp³-hybridized carbons (Fsp3) is 0.455. The number of epoxide rings is 1. The highest BCUT2D eigenvalue weighted by Gasteiger charge is 2.67. The van der Waals surface area contributed by atoms with E-state index in [0.717, 1.165) is 12.0 Å². The van der Waals surface area contributed by atoms with Crippen molar-refractivity contribution < 1.29 is 13.2 Å². The van der Waals surface area contributed by atoms with Crippen molar-refractivity contribution in [1.29, 1.82) is 0 Å². The lowest BCUT2D eigenvalue weighted by Gasteiger charge is -2.17. The van der Waals surface area contributed by atoms with Crippen LogP contribution >= 0.6 is 11.6 Å². The standard InChI is InChI=1S/C11H11ClO3S2/c12-9-4-2-8(3-5-9)10-11(15-10)16(13)6-1-7-17(11)14/h2-5,10H,1,6-7H2/t10-,11?,16?,17?/m0/s1. The highest BCUT2D eigenvalue weighted by atomic mass is 35.5. The first kappa shape index (κ1) is 11.8. The Hall–Kier alpha value is -0.230. The van der Waals surface area contributed by atoms with Crippen molar-refractivity contribution in [2.75, 3.05) is 11.5 Å². The lowest BCUT2D eigenvalue weighted by Crippen LogP contribution is -2.34. The van der Waals surface area contributed by atoms with Gasteiger partial charge in [-0.25, -0.2) is 0 Å². The number of rotatable bonds is 1. The number of benzene rings is 1. The fourth-order valence-electron chi connectivity index (χ4n) is 2.10. The predicted molar refractivity (Wildman–Crippen MR) is 68.6 cm³/mol. The van der Waals surface area contributed by atoms with Crippen LogP contribution in [0.2, 0.25) is 5.02 Å². The van der Waals surface area contributed by atoms with Gasteiger partial charge in [0.1, 0.15) is 6.10 Å². The Bertz CT molecular complexity index is 484. The summed E-state index contributed by atoms with van der Waals surface area (Å²) in [5.41, 5.74) is 0.901. The molecule has 1 aromatic rings. The minimum Gasteiger partial charge on any atom is -0.335 e. The molecule has 0 bridgehead atoms. The summed E-state index contributed by atoms with van der Waals surface area (Å²) in [7, 11) is -2.32. The predicted octanol–water partition coefficient (Wildman–Crippen LogP) is 1.97. The maximum atomic E-state index is 12.0. The minimum atomic E-state index is -1.16. The summed E-state index contributed by atoms with van der Waals surface area (Å²) in [6.45, 7) is 0. The van der Waals surface area contributed by atoms with Gasteiger partial charge in [0, 0.05) is 16.5 Å². The van der Waals surface area contributed by atoms with E-state index >= 15 is 0 Å². The van der Waals surface area contributed by atoms with Crippen molar-refractivity contribution in [3.63, 3.8) is 0 Å². The van der Waals surface area contributed by atoms with Crippen LogP contribution in [-0.2, 0) is 26.3 Å². The van der Waals surface area contributed by atoms with Crippen molar-refractivity contribution >= 4 is 33.2 Å². The Morgan fingerprint density at radius 2 is 1.76 bits per heavy atom. The molecule has 6 heteroatoms. The number of hydrogen-bond acceptors (Lipinski definition) is 3. The first-order valence-electron chi connectivity index (χ1n) is 5.35. The molecule has 0 radical (unpaired) electrons. The molecule has 0 N–H and O–H groups in total. The van der Waals surface area contributed by atoms with Crippen molar-refractivity contribution in [3.8, 4) is 0 Å². The van der Waals surface area contributed by atoms with E-state index in [0.29, 0.717) is 16.5 Å². The maximum Gasteiger partial charge on any atom is 0.249 e. The second-order valence-corrected chi connectivity index (χ2v) is 8.21. The summed E-state index contributed by atoms with van der Waals surface area (Å²) < 4.78 is 28.6. The zero-order valence-electron chi connectivity index (χ0n) is 8.93. The molecule has 3 atom stereocenters. The Morgan fingerprint density at radius 3 is 2.35 bits per heavy atom. The van der Waals surface area contributed by atoms with E-state index in [4.69, 9.17) is 16.3 Å². The topological polar surface area (TPSA) is 46.7 Å².